The predicted molar refractivity (Wildman–Crippen MR) is 85.4 cm³/mol. The molecule has 0 saturated carbocycles. The quantitative estimate of drug-likeness (QED) is 0.870. The van der Waals surface area contributed by atoms with Crippen LogP contribution in [-0.4, -0.2) is 40.0 Å². The number of rotatable bonds is 4. The Labute approximate surface area is 134 Å². The molecule has 0 N–H and O–H groups in total. The first-order valence-electron chi connectivity index (χ1n) is 7.45. The van der Waals surface area contributed by atoms with Crippen molar-refractivity contribution in [1.82, 2.24) is 14.9 Å². The third-order valence-electron chi connectivity index (χ3n) is 3.60. The maximum absolute atomic E-state index is 12.5. The van der Waals surface area contributed by atoms with Crippen LogP contribution in [-0.2, 0) is 0 Å². The van der Waals surface area contributed by atoms with Gasteiger partial charge in [0.1, 0.15) is 16.7 Å². The molecule has 1 aliphatic heterocycles. The van der Waals surface area contributed by atoms with Crippen molar-refractivity contribution in [1.29, 1.82) is 0 Å². The van der Waals surface area contributed by atoms with E-state index in [9.17, 15) is 4.79 Å². The van der Waals surface area contributed by atoms with Crippen LogP contribution in [0.3, 0.4) is 0 Å². The van der Waals surface area contributed by atoms with Gasteiger partial charge in [-0.05, 0) is 12.1 Å². The Bertz CT molecular complexity index is 642. The highest BCUT2D eigenvalue weighted by atomic mass is 32.1. The lowest BCUT2D eigenvalue weighted by Crippen LogP contribution is -2.30. The predicted octanol–water partition coefficient (Wildman–Crippen LogP) is 2.96. The van der Waals surface area contributed by atoms with Crippen molar-refractivity contribution in [2.45, 2.75) is 32.3 Å². The minimum Gasteiger partial charge on any atom is -0.487 e. The van der Waals surface area contributed by atoms with Gasteiger partial charge in [-0.2, -0.15) is 0 Å². The normalized spacial score (nSPS) is 18.0. The lowest BCUT2D eigenvalue weighted by atomic mass is 10.2. The molecule has 0 aromatic carbocycles. The van der Waals surface area contributed by atoms with Crippen LogP contribution < -0.4 is 4.74 Å². The lowest BCUT2D eigenvalue weighted by Gasteiger charge is -2.16. The molecular formula is C16H19N3O2S. The second kappa shape index (κ2) is 6.44. The number of aromatic nitrogens is 2. The van der Waals surface area contributed by atoms with Gasteiger partial charge >= 0.3 is 0 Å². The minimum atomic E-state index is 0.0330. The third kappa shape index (κ3) is 3.27. The van der Waals surface area contributed by atoms with Crippen molar-refractivity contribution in [2.75, 3.05) is 13.1 Å². The number of hydrogen-bond acceptors (Lipinski definition) is 5. The van der Waals surface area contributed by atoms with Crippen molar-refractivity contribution >= 4 is 17.2 Å². The Morgan fingerprint density at radius 2 is 2.32 bits per heavy atom. The van der Waals surface area contributed by atoms with Crippen LogP contribution >= 0.6 is 11.3 Å². The summed E-state index contributed by atoms with van der Waals surface area (Å²) < 4.78 is 5.87. The van der Waals surface area contributed by atoms with E-state index in [4.69, 9.17) is 4.74 Å². The summed E-state index contributed by atoms with van der Waals surface area (Å²) in [4.78, 5) is 23.4. The number of likely N-dealkylation sites (tertiary alicyclic amines) is 1. The van der Waals surface area contributed by atoms with E-state index in [-0.39, 0.29) is 12.0 Å². The fourth-order valence-electron chi connectivity index (χ4n) is 2.43. The summed E-state index contributed by atoms with van der Waals surface area (Å²) in [5, 5.41) is 1.01. The molecule has 2 aromatic rings. The number of ether oxygens (including phenoxy) is 1. The lowest BCUT2D eigenvalue weighted by molar-refractivity contribution is 0.0777. The monoisotopic (exact) mass is 317 g/mol. The van der Waals surface area contributed by atoms with Gasteiger partial charge in [-0.3, -0.25) is 9.78 Å². The maximum Gasteiger partial charge on any atom is 0.265 e. The Kier molecular flexibility index (Phi) is 4.38. The summed E-state index contributed by atoms with van der Waals surface area (Å²) in [6, 6.07) is 3.73. The Hall–Kier alpha value is -1.95. The van der Waals surface area contributed by atoms with Gasteiger partial charge in [-0.25, -0.2) is 4.98 Å². The molecule has 1 fully saturated rings. The second-order valence-electron chi connectivity index (χ2n) is 5.69. The molecule has 1 amide bonds. The van der Waals surface area contributed by atoms with E-state index in [2.05, 4.69) is 23.8 Å². The van der Waals surface area contributed by atoms with Gasteiger partial charge in [0.15, 0.2) is 0 Å². The average Bonchev–Trinajstić information content (AvgIpc) is 3.17. The average molecular weight is 317 g/mol. The van der Waals surface area contributed by atoms with E-state index in [1.54, 1.807) is 18.6 Å². The van der Waals surface area contributed by atoms with Crippen molar-refractivity contribution in [3.8, 4) is 5.75 Å². The van der Waals surface area contributed by atoms with E-state index in [1.807, 2.05) is 17.0 Å². The summed E-state index contributed by atoms with van der Waals surface area (Å²) in [6.07, 6.45) is 5.98. The largest absolute Gasteiger partial charge is 0.487 e. The molecule has 6 heteroatoms. The molecule has 116 valence electrons. The summed E-state index contributed by atoms with van der Waals surface area (Å²) >= 11 is 1.49. The molecule has 0 spiro atoms. The molecule has 1 atom stereocenters. The van der Waals surface area contributed by atoms with Crippen LogP contribution in [0.4, 0.5) is 0 Å². The number of carbonyl (C=O) groups is 1. The molecule has 0 bridgehead atoms. The summed E-state index contributed by atoms with van der Waals surface area (Å²) in [7, 11) is 0. The van der Waals surface area contributed by atoms with Crippen LogP contribution in [0.15, 0.2) is 30.7 Å². The highest BCUT2D eigenvalue weighted by Crippen LogP contribution is 2.24. The van der Waals surface area contributed by atoms with Crippen molar-refractivity contribution in [3.05, 3.63) is 40.6 Å². The Balaban J connectivity index is 1.60. The van der Waals surface area contributed by atoms with E-state index in [0.29, 0.717) is 17.3 Å². The van der Waals surface area contributed by atoms with Crippen LogP contribution in [0.1, 0.15) is 40.9 Å². The van der Waals surface area contributed by atoms with Crippen LogP contribution in [0.25, 0.3) is 0 Å². The highest BCUT2D eigenvalue weighted by molar-refractivity contribution is 7.13. The smallest absolute Gasteiger partial charge is 0.265 e. The number of carbonyl (C=O) groups excluding carboxylic acids is 1. The molecule has 0 aliphatic carbocycles. The van der Waals surface area contributed by atoms with Crippen molar-refractivity contribution < 1.29 is 9.53 Å². The van der Waals surface area contributed by atoms with Crippen LogP contribution in [0.2, 0.25) is 0 Å². The molecule has 3 heterocycles. The fourth-order valence-corrected chi connectivity index (χ4v) is 3.32. The molecule has 1 saturated heterocycles. The molecule has 3 rings (SSSR count). The molecule has 22 heavy (non-hydrogen) atoms. The zero-order chi connectivity index (χ0) is 15.5. The zero-order valence-corrected chi connectivity index (χ0v) is 13.5. The first-order valence-corrected chi connectivity index (χ1v) is 8.27. The molecular weight excluding hydrogens is 298 g/mol. The van der Waals surface area contributed by atoms with Gasteiger partial charge in [-0.1, -0.05) is 13.8 Å². The fraction of sp³-hybridized carbons (Fsp3) is 0.438. The second-order valence-corrected chi connectivity index (χ2v) is 6.75. The number of pyridine rings is 1. The van der Waals surface area contributed by atoms with E-state index in [0.717, 1.165) is 23.7 Å². The number of hydrogen-bond donors (Lipinski definition) is 0. The van der Waals surface area contributed by atoms with E-state index >= 15 is 0 Å². The molecule has 1 unspecified atom stereocenters. The Morgan fingerprint density at radius 3 is 3.00 bits per heavy atom. The third-order valence-corrected chi connectivity index (χ3v) is 4.88. The zero-order valence-electron chi connectivity index (χ0n) is 12.7. The number of amides is 1. The summed E-state index contributed by atoms with van der Waals surface area (Å²) in [5.74, 6) is 1.16. The van der Waals surface area contributed by atoms with Gasteiger partial charge < -0.3 is 9.64 Å². The first kappa shape index (κ1) is 15.0. The van der Waals surface area contributed by atoms with Gasteiger partial charge in [0.25, 0.3) is 5.91 Å². The van der Waals surface area contributed by atoms with E-state index < -0.39 is 0 Å². The van der Waals surface area contributed by atoms with Gasteiger partial charge in [-0.15, -0.1) is 11.3 Å². The molecule has 2 aromatic heterocycles. The Morgan fingerprint density at radius 1 is 1.45 bits per heavy atom. The first-order chi connectivity index (χ1) is 10.6. The van der Waals surface area contributed by atoms with Crippen molar-refractivity contribution in [2.24, 2.45) is 0 Å². The van der Waals surface area contributed by atoms with Crippen LogP contribution in [0.5, 0.6) is 5.75 Å². The van der Waals surface area contributed by atoms with E-state index in [1.165, 1.54) is 11.3 Å². The van der Waals surface area contributed by atoms with Gasteiger partial charge in [0, 0.05) is 25.1 Å². The SMILES string of the molecule is CC(C)c1ncc(C(=O)N2CCC(Oc3cccnc3)C2)s1. The standard InChI is InChI=1S/C16H19N3O2S/c1-11(2)15-18-9-14(22-15)16(20)19-7-5-13(10-19)21-12-4-3-6-17-8-12/h3-4,6,8-9,11,13H,5,7,10H2,1-2H3. The molecule has 1 aliphatic rings. The van der Waals surface area contributed by atoms with Gasteiger partial charge in [0.05, 0.1) is 23.9 Å². The minimum absolute atomic E-state index is 0.0330. The maximum atomic E-state index is 12.5. The van der Waals surface area contributed by atoms with Crippen LogP contribution in [0, 0.1) is 0 Å². The topological polar surface area (TPSA) is 55.3 Å². The number of thiazole rings is 1. The molecule has 0 radical (unpaired) electrons. The van der Waals surface area contributed by atoms with Gasteiger partial charge in [0.2, 0.25) is 0 Å². The van der Waals surface area contributed by atoms with Crippen molar-refractivity contribution in [3.63, 3.8) is 0 Å². The summed E-state index contributed by atoms with van der Waals surface area (Å²) in [5.41, 5.74) is 0. The number of nitrogens with zero attached hydrogens (tertiary/aromatic N) is 3. The highest BCUT2D eigenvalue weighted by Gasteiger charge is 2.29. The summed E-state index contributed by atoms with van der Waals surface area (Å²) in [6.45, 7) is 5.50. The molecule has 5 nitrogen and oxygen atoms in total.